The molecular weight excluding hydrogens is 260 g/mol. The number of piperidine rings is 1. The van der Waals surface area contributed by atoms with E-state index in [9.17, 15) is 8.42 Å². The number of nitrogens with zero attached hydrogens (tertiary/aromatic N) is 1. The van der Waals surface area contributed by atoms with Crippen molar-refractivity contribution in [1.82, 2.24) is 9.03 Å². The van der Waals surface area contributed by atoms with Crippen molar-refractivity contribution in [2.24, 2.45) is 11.8 Å². The van der Waals surface area contributed by atoms with Crippen molar-refractivity contribution < 1.29 is 8.42 Å². The van der Waals surface area contributed by atoms with Gasteiger partial charge < -0.3 is 0 Å². The summed E-state index contributed by atoms with van der Waals surface area (Å²) in [6.45, 7) is 7.32. The predicted molar refractivity (Wildman–Crippen MR) is 71.4 cm³/mol. The van der Waals surface area contributed by atoms with Crippen LogP contribution in [0, 0.1) is 11.8 Å². The summed E-state index contributed by atoms with van der Waals surface area (Å²) in [6.07, 6.45) is 1.88. The van der Waals surface area contributed by atoms with Crippen LogP contribution >= 0.6 is 11.6 Å². The highest BCUT2D eigenvalue weighted by Crippen LogP contribution is 2.18. The standard InChI is InChI=1S/C11H23ClN2O2S/c1-9(2)11(8-12)13-17(15,16)14-6-4-10(3)5-7-14/h9-11,13H,4-8H2,1-3H3. The number of hydrogen-bond donors (Lipinski definition) is 1. The summed E-state index contributed by atoms with van der Waals surface area (Å²) >= 11 is 5.79. The first kappa shape index (κ1) is 15.2. The fourth-order valence-corrected chi connectivity index (χ4v) is 3.94. The molecule has 17 heavy (non-hydrogen) atoms. The zero-order chi connectivity index (χ0) is 13.1. The van der Waals surface area contributed by atoms with Crippen LogP contribution in [-0.2, 0) is 10.2 Å². The van der Waals surface area contributed by atoms with E-state index in [2.05, 4.69) is 11.6 Å². The van der Waals surface area contributed by atoms with Gasteiger partial charge in [0.05, 0.1) is 0 Å². The molecule has 1 rings (SSSR count). The molecule has 0 spiro atoms. The molecule has 0 bridgehead atoms. The second-order valence-corrected chi connectivity index (χ2v) is 7.22. The van der Waals surface area contributed by atoms with Crippen molar-refractivity contribution in [2.45, 2.75) is 39.7 Å². The van der Waals surface area contributed by atoms with Crippen molar-refractivity contribution in [3.63, 3.8) is 0 Å². The van der Waals surface area contributed by atoms with Crippen molar-refractivity contribution in [3.05, 3.63) is 0 Å². The summed E-state index contributed by atoms with van der Waals surface area (Å²) in [4.78, 5) is 0. The molecule has 1 aliphatic rings. The summed E-state index contributed by atoms with van der Waals surface area (Å²) in [6, 6.07) is -0.194. The Bertz CT molecular complexity index is 324. The lowest BCUT2D eigenvalue weighted by molar-refractivity contribution is 0.282. The average molecular weight is 283 g/mol. The van der Waals surface area contributed by atoms with E-state index in [1.54, 1.807) is 0 Å². The number of hydrogen-bond acceptors (Lipinski definition) is 2. The summed E-state index contributed by atoms with van der Waals surface area (Å²) in [7, 11) is -3.36. The van der Waals surface area contributed by atoms with Crippen molar-refractivity contribution in [2.75, 3.05) is 19.0 Å². The van der Waals surface area contributed by atoms with Gasteiger partial charge in [0.25, 0.3) is 10.2 Å². The summed E-state index contributed by atoms with van der Waals surface area (Å²) in [5.74, 6) is 1.13. The largest absolute Gasteiger partial charge is 0.279 e. The van der Waals surface area contributed by atoms with E-state index in [4.69, 9.17) is 11.6 Å². The highest BCUT2D eigenvalue weighted by molar-refractivity contribution is 7.87. The van der Waals surface area contributed by atoms with E-state index >= 15 is 0 Å². The topological polar surface area (TPSA) is 49.4 Å². The molecule has 1 atom stereocenters. The SMILES string of the molecule is CC1CCN(S(=O)(=O)NC(CCl)C(C)C)CC1. The van der Waals surface area contributed by atoms with Gasteiger partial charge in [-0.2, -0.15) is 17.4 Å². The minimum atomic E-state index is -3.36. The van der Waals surface area contributed by atoms with Crippen LogP contribution in [0.25, 0.3) is 0 Å². The predicted octanol–water partition coefficient (Wildman–Crippen LogP) is 1.82. The second kappa shape index (κ2) is 6.36. The first-order valence-electron chi connectivity index (χ1n) is 6.20. The van der Waals surface area contributed by atoms with E-state index in [1.165, 1.54) is 4.31 Å². The summed E-state index contributed by atoms with van der Waals surface area (Å²) in [5, 5.41) is 0. The average Bonchev–Trinajstić information content (AvgIpc) is 2.26. The Morgan fingerprint density at radius 2 is 1.88 bits per heavy atom. The van der Waals surface area contributed by atoms with E-state index in [0.29, 0.717) is 24.9 Å². The minimum absolute atomic E-state index is 0.194. The van der Waals surface area contributed by atoms with Crippen LogP contribution in [0.1, 0.15) is 33.6 Å². The Labute approximate surface area is 110 Å². The first-order chi connectivity index (χ1) is 7.86. The lowest BCUT2D eigenvalue weighted by atomic mass is 10.0. The minimum Gasteiger partial charge on any atom is -0.198 e. The lowest BCUT2D eigenvalue weighted by Crippen LogP contribution is -2.50. The van der Waals surface area contributed by atoms with E-state index in [1.807, 2.05) is 13.8 Å². The normalized spacial score (nSPS) is 21.9. The van der Waals surface area contributed by atoms with Gasteiger partial charge in [0, 0.05) is 25.0 Å². The number of nitrogens with one attached hydrogen (secondary N) is 1. The maximum absolute atomic E-state index is 12.1. The van der Waals surface area contributed by atoms with Gasteiger partial charge in [0.2, 0.25) is 0 Å². The zero-order valence-corrected chi connectivity index (χ0v) is 12.4. The highest BCUT2D eigenvalue weighted by Gasteiger charge is 2.29. The first-order valence-corrected chi connectivity index (χ1v) is 8.17. The third-order valence-electron chi connectivity index (χ3n) is 3.35. The molecule has 102 valence electrons. The Morgan fingerprint density at radius 3 is 2.29 bits per heavy atom. The molecule has 1 fully saturated rings. The van der Waals surface area contributed by atoms with Gasteiger partial charge in [-0.15, -0.1) is 11.6 Å². The second-order valence-electron chi connectivity index (χ2n) is 5.21. The molecular formula is C11H23ClN2O2S. The summed E-state index contributed by atoms with van der Waals surface area (Å²) < 4.78 is 28.5. The summed E-state index contributed by atoms with van der Waals surface area (Å²) in [5.41, 5.74) is 0. The fraction of sp³-hybridized carbons (Fsp3) is 1.00. The monoisotopic (exact) mass is 282 g/mol. The molecule has 0 aromatic heterocycles. The van der Waals surface area contributed by atoms with Gasteiger partial charge in [-0.25, -0.2) is 0 Å². The van der Waals surface area contributed by atoms with Gasteiger partial charge in [0.1, 0.15) is 0 Å². The molecule has 1 unspecified atom stereocenters. The third-order valence-corrected chi connectivity index (χ3v) is 5.33. The molecule has 6 heteroatoms. The van der Waals surface area contributed by atoms with Crippen molar-refractivity contribution in [3.8, 4) is 0 Å². The van der Waals surface area contributed by atoms with Crippen LogP contribution in [0.2, 0.25) is 0 Å². The van der Waals surface area contributed by atoms with Crippen LogP contribution in [0.3, 0.4) is 0 Å². The Morgan fingerprint density at radius 1 is 1.35 bits per heavy atom. The Balaban J connectivity index is 2.62. The van der Waals surface area contributed by atoms with Crippen molar-refractivity contribution >= 4 is 21.8 Å². The lowest BCUT2D eigenvalue weighted by Gasteiger charge is -2.31. The maximum Gasteiger partial charge on any atom is 0.279 e. The van der Waals surface area contributed by atoms with Gasteiger partial charge in [-0.1, -0.05) is 20.8 Å². The maximum atomic E-state index is 12.1. The zero-order valence-electron chi connectivity index (χ0n) is 10.8. The highest BCUT2D eigenvalue weighted by atomic mass is 35.5. The Hall–Kier alpha value is 0.160. The van der Waals surface area contributed by atoms with Crippen LogP contribution in [0.4, 0.5) is 0 Å². The quantitative estimate of drug-likeness (QED) is 0.782. The fourth-order valence-electron chi connectivity index (χ4n) is 1.84. The molecule has 1 aliphatic heterocycles. The number of halogens is 1. The molecule has 0 aliphatic carbocycles. The molecule has 0 saturated carbocycles. The van der Waals surface area contributed by atoms with Crippen LogP contribution < -0.4 is 4.72 Å². The van der Waals surface area contributed by atoms with Crippen LogP contribution in [-0.4, -0.2) is 37.7 Å². The van der Waals surface area contributed by atoms with E-state index < -0.39 is 10.2 Å². The molecule has 1 heterocycles. The molecule has 0 aromatic carbocycles. The number of rotatable bonds is 5. The smallest absolute Gasteiger partial charge is 0.198 e. The van der Waals surface area contributed by atoms with Gasteiger partial charge in [-0.3, -0.25) is 0 Å². The van der Waals surface area contributed by atoms with Crippen LogP contribution in [0.15, 0.2) is 0 Å². The van der Waals surface area contributed by atoms with Gasteiger partial charge >= 0.3 is 0 Å². The van der Waals surface area contributed by atoms with Crippen LogP contribution in [0.5, 0.6) is 0 Å². The number of alkyl halides is 1. The van der Waals surface area contributed by atoms with Gasteiger partial charge in [-0.05, 0) is 24.7 Å². The molecule has 0 radical (unpaired) electrons. The third kappa shape index (κ3) is 4.39. The van der Waals surface area contributed by atoms with E-state index in [-0.39, 0.29) is 12.0 Å². The van der Waals surface area contributed by atoms with Gasteiger partial charge in [0.15, 0.2) is 0 Å². The molecule has 1 saturated heterocycles. The Kier molecular flexibility index (Phi) is 5.70. The molecule has 4 nitrogen and oxygen atoms in total. The molecule has 1 N–H and O–H groups in total. The molecule has 0 aromatic rings. The molecule has 0 amide bonds. The van der Waals surface area contributed by atoms with E-state index in [0.717, 1.165) is 12.8 Å². The van der Waals surface area contributed by atoms with Crippen molar-refractivity contribution in [1.29, 1.82) is 0 Å².